The van der Waals surface area contributed by atoms with Crippen LogP contribution < -0.4 is 4.74 Å². The quantitative estimate of drug-likeness (QED) is 0.823. The molecule has 1 saturated carbocycles. The number of rotatable bonds is 3. The van der Waals surface area contributed by atoms with Crippen molar-refractivity contribution < 1.29 is 9.84 Å². The summed E-state index contributed by atoms with van der Waals surface area (Å²) >= 11 is 0. The monoisotopic (exact) mass is 206 g/mol. The van der Waals surface area contributed by atoms with Gasteiger partial charge in [0.2, 0.25) is 0 Å². The van der Waals surface area contributed by atoms with E-state index in [1.54, 1.807) is 6.92 Å². The van der Waals surface area contributed by atoms with Crippen LogP contribution in [0.3, 0.4) is 0 Å². The molecule has 2 heteroatoms. The fraction of sp³-hybridized carbons (Fsp3) is 0.538. The highest BCUT2D eigenvalue weighted by molar-refractivity contribution is 5.29. The van der Waals surface area contributed by atoms with Crippen LogP contribution in [-0.2, 0) is 0 Å². The Hall–Kier alpha value is -1.02. The van der Waals surface area contributed by atoms with Gasteiger partial charge in [-0.1, -0.05) is 12.1 Å². The van der Waals surface area contributed by atoms with Gasteiger partial charge >= 0.3 is 0 Å². The fourth-order valence-corrected chi connectivity index (χ4v) is 2.05. The molecule has 0 saturated heterocycles. The summed E-state index contributed by atoms with van der Waals surface area (Å²) in [5, 5.41) is 9.45. The van der Waals surface area contributed by atoms with Crippen molar-refractivity contribution in [3.05, 3.63) is 29.8 Å². The summed E-state index contributed by atoms with van der Waals surface area (Å²) < 4.78 is 5.86. The van der Waals surface area contributed by atoms with Gasteiger partial charge in [0.05, 0.1) is 12.2 Å². The number of benzene rings is 1. The lowest BCUT2D eigenvalue weighted by Gasteiger charge is -2.14. The molecule has 82 valence electrons. The van der Waals surface area contributed by atoms with Crippen molar-refractivity contribution >= 4 is 0 Å². The molecule has 0 amide bonds. The maximum Gasteiger partial charge on any atom is 0.120 e. The fourth-order valence-electron chi connectivity index (χ4n) is 2.05. The second kappa shape index (κ2) is 4.67. The molecule has 1 fully saturated rings. The molecule has 15 heavy (non-hydrogen) atoms. The normalized spacial score (nSPS) is 19.1. The number of ether oxygens (including phenoxy) is 1. The number of hydrogen-bond donors (Lipinski definition) is 1. The zero-order valence-corrected chi connectivity index (χ0v) is 9.15. The Balaban J connectivity index is 2.04. The van der Waals surface area contributed by atoms with E-state index in [2.05, 4.69) is 0 Å². The van der Waals surface area contributed by atoms with Crippen molar-refractivity contribution in [2.45, 2.75) is 44.8 Å². The molecule has 1 aliphatic carbocycles. The SMILES string of the molecule is C[C@@H](O)c1cccc(OC2CCCC2)c1. The molecule has 2 nitrogen and oxygen atoms in total. The average molecular weight is 206 g/mol. The molecule has 1 aromatic rings. The molecule has 0 aliphatic heterocycles. The first-order valence-corrected chi connectivity index (χ1v) is 5.70. The van der Waals surface area contributed by atoms with E-state index in [-0.39, 0.29) is 0 Å². The van der Waals surface area contributed by atoms with Crippen molar-refractivity contribution in [3.63, 3.8) is 0 Å². The lowest BCUT2D eigenvalue weighted by atomic mass is 10.1. The number of aliphatic hydroxyl groups excluding tert-OH is 1. The summed E-state index contributed by atoms with van der Waals surface area (Å²) in [6, 6.07) is 7.76. The summed E-state index contributed by atoms with van der Waals surface area (Å²) in [7, 11) is 0. The highest BCUT2D eigenvalue weighted by atomic mass is 16.5. The largest absolute Gasteiger partial charge is 0.490 e. The third-order valence-electron chi connectivity index (χ3n) is 2.95. The highest BCUT2D eigenvalue weighted by Gasteiger charge is 2.16. The van der Waals surface area contributed by atoms with Gasteiger partial charge in [-0.15, -0.1) is 0 Å². The summed E-state index contributed by atoms with van der Waals surface area (Å²) in [5.41, 5.74) is 0.922. The second-order valence-corrected chi connectivity index (χ2v) is 4.27. The Bertz CT molecular complexity index is 314. The maximum absolute atomic E-state index is 9.45. The predicted octanol–water partition coefficient (Wildman–Crippen LogP) is 3.06. The standard InChI is InChI=1S/C13H18O2/c1-10(14)11-5-4-8-13(9-11)15-12-6-2-3-7-12/h4-5,8-10,12,14H,2-3,6-7H2,1H3/t10-/m1/s1. The average Bonchev–Trinajstić information content (AvgIpc) is 2.71. The molecule has 0 radical (unpaired) electrons. The van der Waals surface area contributed by atoms with Gasteiger partial charge in [0.15, 0.2) is 0 Å². The van der Waals surface area contributed by atoms with Gasteiger partial charge in [0.1, 0.15) is 5.75 Å². The summed E-state index contributed by atoms with van der Waals surface area (Å²) in [4.78, 5) is 0. The molecule has 0 aromatic heterocycles. The smallest absolute Gasteiger partial charge is 0.120 e. The van der Waals surface area contributed by atoms with E-state index < -0.39 is 6.10 Å². The van der Waals surface area contributed by atoms with Crippen LogP contribution in [0.2, 0.25) is 0 Å². The van der Waals surface area contributed by atoms with E-state index in [0.717, 1.165) is 11.3 Å². The number of hydrogen-bond acceptors (Lipinski definition) is 2. The minimum Gasteiger partial charge on any atom is -0.490 e. The Kier molecular flexibility index (Phi) is 3.27. The van der Waals surface area contributed by atoms with Crippen molar-refractivity contribution in [1.29, 1.82) is 0 Å². The Morgan fingerprint density at radius 1 is 1.33 bits per heavy atom. The molecule has 1 aromatic carbocycles. The van der Waals surface area contributed by atoms with Crippen LogP contribution in [0.15, 0.2) is 24.3 Å². The zero-order chi connectivity index (χ0) is 10.7. The molecule has 1 atom stereocenters. The van der Waals surface area contributed by atoms with Crippen LogP contribution in [0.4, 0.5) is 0 Å². The van der Waals surface area contributed by atoms with Gasteiger partial charge in [-0.05, 0) is 50.3 Å². The third-order valence-corrected chi connectivity index (χ3v) is 2.95. The van der Waals surface area contributed by atoms with Crippen LogP contribution in [0, 0.1) is 0 Å². The van der Waals surface area contributed by atoms with Crippen molar-refractivity contribution in [1.82, 2.24) is 0 Å². The zero-order valence-electron chi connectivity index (χ0n) is 9.15. The molecule has 0 heterocycles. The first-order valence-electron chi connectivity index (χ1n) is 5.70. The Labute approximate surface area is 90.9 Å². The van der Waals surface area contributed by atoms with E-state index in [1.807, 2.05) is 24.3 Å². The van der Waals surface area contributed by atoms with E-state index in [1.165, 1.54) is 25.7 Å². The molecule has 0 unspecified atom stereocenters. The van der Waals surface area contributed by atoms with E-state index in [9.17, 15) is 5.11 Å². The number of aliphatic hydroxyl groups is 1. The molecule has 1 aliphatic rings. The van der Waals surface area contributed by atoms with Crippen molar-refractivity contribution in [3.8, 4) is 5.75 Å². The minimum atomic E-state index is -0.419. The van der Waals surface area contributed by atoms with Crippen LogP contribution in [0.1, 0.15) is 44.3 Å². The van der Waals surface area contributed by atoms with E-state index in [0.29, 0.717) is 6.10 Å². The molecular formula is C13H18O2. The predicted molar refractivity (Wildman–Crippen MR) is 60.0 cm³/mol. The summed E-state index contributed by atoms with van der Waals surface area (Å²) in [6.07, 6.45) is 4.85. The van der Waals surface area contributed by atoms with Gasteiger partial charge in [0.25, 0.3) is 0 Å². The minimum absolute atomic E-state index is 0.384. The molecule has 1 N–H and O–H groups in total. The van der Waals surface area contributed by atoms with Gasteiger partial charge in [-0.25, -0.2) is 0 Å². The first-order chi connectivity index (χ1) is 7.25. The van der Waals surface area contributed by atoms with Crippen LogP contribution in [0.5, 0.6) is 5.75 Å². The summed E-state index contributed by atoms with van der Waals surface area (Å²) in [6.45, 7) is 1.77. The van der Waals surface area contributed by atoms with Gasteiger partial charge in [-0.3, -0.25) is 0 Å². The Morgan fingerprint density at radius 3 is 2.73 bits per heavy atom. The maximum atomic E-state index is 9.45. The lowest BCUT2D eigenvalue weighted by molar-refractivity contribution is 0.193. The summed E-state index contributed by atoms with van der Waals surface area (Å²) in [5.74, 6) is 0.889. The van der Waals surface area contributed by atoms with E-state index in [4.69, 9.17) is 4.74 Å². The van der Waals surface area contributed by atoms with Crippen LogP contribution in [0.25, 0.3) is 0 Å². The van der Waals surface area contributed by atoms with E-state index >= 15 is 0 Å². The van der Waals surface area contributed by atoms with Crippen molar-refractivity contribution in [2.75, 3.05) is 0 Å². The van der Waals surface area contributed by atoms with Crippen LogP contribution >= 0.6 is 0 Å². The van der Waals surface area contributed by atoms with Gasteiger partial charge < -0.3 is 9.84 Å². The molecule has 2 rings (SSSR count). The lowest BCUT2D eigenvalue weighted by Crippen LogP contribution is -2.10. The van der Waals surface area contributed by atoms with Gasteiger partial charge in [0, 0.05) is 0 Å². The second-order valence-electron chi connectivity index (χ2n) is 4.27. The molecule has 0 spiro atoms. The first kappa shape index (κ1) is 10.5. The molecule has 0 bridgehead atoms. The third kappa shape index (κ3) is 2.72. The highest BCUT2D eigenvalue weighted by Crippen LogP contribution is 2.25. The van der Waals surface area contributed by atoms with Crippen LogP contribution in [-0.4, -0.2) is 11.2 Å². The van der Waals surface area contributed by atoms with Crippen molar-refractivity contribution in [2.24, 2.45) is 0 Å². The Morgan fingerprint density at radius 2 is 2.07 bits per heavy atom. The van der Waals surface area contributed by atoms with Gasteiger partial charge in [-0.2, -0.15) is 0 Å². The topological polar surface area (TPSA) is 29.5 Å². The molecular weight excluding hydrogens is 188 g/mol.